The first-order valence-electron chi connectivity index (χ1n) is 15.1. The minimum atomic E-state index is -4.66. The molecule has 0 fully saturated rings. The second-order valence-electron chi connectivity index (χ2n) is 15.5. The smallest absolute Gasteiger partial charge is 0.297 e. The predicted octanol–water partition coefficient (Wildman–Crippen LogP) is 7.90. The van der Waals surface area contributed by atoms with Gasteiger partial charge in [-0.2, -0.15) is 8.42 Å². The van der Waals surface area contributed by atoms with Crippen LogP contribution in [-0.2, 0) is 34.0 Å². The topological polar surface area (TPSA) is 136 Å². The number of ketones is 1. The molecule has 9 nitrogen and oxygen atoms in total. The molecule has 1 amide bonds. The summed E-state index contributed by atoms with van der Waals surface area (Å²) < 4.78 is 45.8. The normalized spacial score (nSPS) is 14.6. The zero-order valence-electron chi connectivity index (χ0n) is 29.8. The van der Waals surface area contributed by atoms with Gasteiger partial charge >= 0.3 is 0 Å². The molecule has 0 aliphatic carbocycles. The Morgan fingerprint density at radius 2 is 1.31 bits per heavy atom. The fourth-order valence-electron chi connectivity index (χ4n) is 4.98. The molecule has 2 rings (SSSR count). The number of carbonyl (C=O) groups excluding carboxylic acids is 3. The van der Waals surface area contributed by atoms with E-state index in [0.717, 1.165) is 6.42 Å². The van der Waals surface area contributed by atoms with Gasteiger partial charge in [0.25, 0.3) is 10.1 Å². The average Bonchev–Trinajstić information content (AvgIpc) is 2.80. The van der Waals surface area contributed by atoms with E-state index in [-0.39, 0.29) is 22.5 Å². The number of rotatable bonds is 8. The molecule has 10 heteroatoms. The summed E-state index contributed by atoms with van der Waals surface area (Å²) in [7, 11) is -4.66. The van der Waals surface area contributed by atoms with Crippen LogP contribution in [0.15, 0.2) is 41.3 Å². The quantitative estimate of drug-likeness (QED) is 0.217. The van der Waals surface area contributed by atoms with Gasteiger partial charge in [0.1, 0.15) is 17.6 Å². The van der Waals surface area contributed by atoms with Gasteiger partial charge in [0.05, 0.1) is 29.1 Å². The highest BCUT2D eigenvalue weighted by atomic mass is 32.2. The SMILES string of the molecule is C=O.CC(CC(C)(C)C)OC(C)(C)C.CC(OC(C)(C)C)C(C(=O)Nc1ccc2ccccc2c1S(=O)(=O)O)C(=O)C(C)(C)C. The van der Waals surface area contributed by atoms with Crippen molar-refractivity contribution in [3.63, 3.8) is 0 Å². The first-order valence-corrected chi connectivity index (χ1v) is 16.6. The van der Waals surface area contributed by atoms with Crippen LogP contribution in [0.3, 0.4) is 0 Å². The van der Waals surface area contributed by atoms with E-state index in [1.165, 1.54) is 12.1 Å². The molecule has 0 heterocycles. The molecule has 0 aromatic heterocycles. The van der Waals surface area contributed by atoms with Gasteiger partial charge in [0.2, 0.25) is 5.91 Å². The lowest BCUT2D eigenvalue weighted by Gasteiger charge is -2.32. The highest BCUT2D eigenvalue weighted by molar-refractivity contribution is 7.86. The second-order valence-corrected chi connectivity index (χ2v) is 16.8. The third-order valence-corrected chi connectivity index (χ3v) is 7.12. The van der Waals surface area contributed by atoms with E-state index in [9.17, 15) is 22.6 Å². The number of ether oxygens (including phenoxy) is 2. The minimum Gasteiger partial charge on any atom is -0.373 e. The second kappa shape index (κ2) is 16.3. The fourth-order valence-corrected chi connectivity index (χ4v) is 5.84. The summed E-state index contributed by atoms with van der Waals surface area (Å²) in [4.78, 5) is 34.0. The van der Waals surface area contributed by atoms with E-state index in [2.05, 4.69) is 53.8 Å². The molecular weight excluding hydrogens is 594 g/mol. The van der Waals surface area contributed by atoms with E-state index in [1.807, 2.05) is 27.6 Å². The molecular formula is C35H57NO8S. The summed E-state index contributed by atoms with van der Waals surface area (Å²) in [5, 5.41) is 3.40. The van der Waals surface area contributed by atoms with Crippen molar-refractivity contribution in [1.82, 2.24) is 0 Å². The zero-order valence-corrected chi connectivity index (χ0v) is 30.6. The van der Waals surface area contributed by atoms with Crippen molar-refractivity contribution in [3.05, 3.63) is 36.4 Å². The van der Waals surface area contributed by atoms with Crippen molar-refractivity contribution < 1.29 is 36.8 Å². The Balaban J connectivity index is 0.00000116. The zero-order chi connectivity index (χ0) is 35.8. The standard InChI is InChI=1S/C23H31NO6S.C11H24O.CH2O/c1-14(30-23(5,6)7)18(20(25)22(2,3)4)21(26)24-17-13-12-15-10-8-9-11-16(15)19(17)31(27,28)29;1-9(8-10(2,3)4)12-11(5,6)7;1-2/h8-14,18H,1-7H3,(H,24,26)(H,27,28,29);9H,8H2,1-7H3;1H2. The minimum absolute atomic E-state index is 0.00926. The van der Waals surface area contributed by atoms with Crippen molar-refractivity contribution in [2.24, 2.45) is 16.7 Å². The monoisotopic (exact) mass is 651 g/mol. The Bertz CT molecular complexity index is 1360. The number of carbonyl (C=O) groups is 3. The molecule has 0 aliphatic rings. The maximum Gasteiger partial charge on any atom is 0.297 e. The summed E-state index contributed by atoms with van der Waals surface area (Å²) in [6, 6.07) is 9.64. The van der Waals surface area contributed by atoms with Crippen LogP contribution in [0.2, 0.25) is 0 Å². The number of hydrogen-bond acceptors (Lipinski definition) is 7. The predicted molar refractivity (Wildman–Crippen MR) is 182 cm³/mol. The van der Waals surface area contributed by atoms with E-state index in [0.29, 0.717) is 16.9 Å². The molecule has 2 aromatic carbocycles. The molecule has 3 atom stereocenters. The Hall–Kier alpha value is -2.66. The average molecular weight is 652 g/mol. The number of amides is 1. The lowest BCUT2D eigenvalue weighted by Crippen LogP contribution is -2.45. The molecule has 45 heavy (non-hydrogen) atoms. The number of hydrogen-bond donors (Lipinski definition) is 2. The number of benzene rings is 2. The number of nitrogens with one attached hydrogen (secondary N) is 1. The Labute approximate surface area is 271 Å². The Morgan fingerprint density at radius 3 is 1.73 bits per heavy atom. The van der Waals surface area contributed by atoms with Crippen molar-refractivity contribution in [2.45, 2.75) is 132 Å². The van der Waals surface area contributed by atoms with Crippen LogP contribution < -0.4 is 5.32 Å². The lowest BCUT2D eigenvalue weighted by molar-refractivity contribution is -0.148. The van der Waals surface area contributed by atoms with Gasteiger partial charge in [0, 0.05) is 10.8 Å². The van der Waals surface area contributed by atoms with Gasteiger partial charge in [0.15, 0.2) is 5.78 Å². The molecule has 256 valence electrons. The lowest BCUT2D eigenvalue weighted by atomic mass is 9.80. The maximum absolute atomic E-state index is 13.3. The van der Waals surface area contributed by atoms with Crippen molar-refractivity contribution in [2.75, 3.05) is 5.32 Å². The van der Waals surface area contributed by atoms with Crippen LogP contribution in [0.1, 0.15) is 103 Å². The van der Waals surface area contributed by atoms with Crippen LogP contribution in [0.25, 0.3) is 10.8 Å². The molecule has 2 N–H and O–H groups in total. The summed E-state index contributed by atoms with van der Waals surface area (Å²) in [6.45, 7) is 29.4. The molecule has 0 radical (unpaired) electrons. The van der Waals surface area contributed by atoms with Crippen LogP contribution in [0, 0.1) is 16.7 Å². The van der Waals surface area contributed by atoms with Gasteiger partial charge in [-0.05, 0) is 78.7 Å². The largest absolute Gasteiger partial charge is 0.373 e. The molecule has 3 unspecified atom stereocenters. The van der Waals surface area contributed by atoms with E-state index in [4.69, 9.17) is 14.3 Å². The van der Waals surface area contributed by atoms with Gasteiger partial charge in [-0.1, -0.05) is 71.9 Å². The van der Waals surface area contributed by atoms with E-state index >= 15 is 0 Å². The number of Topliss-reactive ketones (excluding diaryl/α,β-unsaturated/α-hetero) is 1. The third kappa shape index (κ3) is 15.5. The molecule has 0 saturated carbocycles. The van der Waals surface area contributed by atoms with E-state index < -0.39 is 44.0 Å². The summed E-state index contributed by atoms with van der Waals surface area (Å²) in [5.74, 6) is -2.22. The first kappa shape index (κ1) is 42.3. The van der Waals surface area contributed by atoms with Gasteiger partial charge < -0.3 is 19.6 Å². The van der Waals surface area contributed by atoms with Gasteiger partial charge in [-0.15, -0.1) is 0 Å². The Morgan fingerprint density at radius 1 is 0.822 bits per heavy atom. The highest BCUT2D eigenvalue weighted by Crippen LogP contribution is 2.33. The summed E-state index contributed by atoms with van der Waals surface area (Å²) in [6.07, 6.45) is 0.705. The first-order chi connectivity index (χ1) is 20.1. The van der Waals surface area contributed by atoms with Crippen LogP contribution in [0.4, 0.5) is 5.69 Å². The fraction of sp³-hybridized carbons (Fsp3) is 0.629. The number of anilines is 1. The van der Waals surface area contributed by atoms with Gasteiger partial charge in [-0.25, -0.2) is 0 Å². The van der Waals surface area contributed by atoms with Gasteiger partial charge in [-0.3, -0.25) is 14.1 Å². The molecule has 0 aliphatic heterocycles. The summed E-state index contributed by atoms with van der Waals surface area (Å²) in [5.41, 5.74) is -1.17. The third-order valence-electron chi connectivity index (χ3n) is 6.16. The van der Waals surface area contributed by atoms with Crippen LogP contribution in [-0.4, -0.2) is 54.9 Å². The van der Waals surface area contributed by atoms with Crippen LogP contribution >= 0.6 is 0 Å². The van der Waals surface area contributed by atoms with Crippen molar-refractivity contribution in [1.29, 1.82) is 0 Å². The number of fused-ring (bicyclic) bond motifs is 1. The maximum atomic E-state index is 13.3. The van der Waals surface area contributed by atoms with Crippen molar-refractivity contribution in [3.8, 4) is 0 Å². The Kier molecular flexibility index (Phi) is 15.3. The molecule has 2 aromatic rings. The van der Waals surface area contributed by atoms with Crippen LogP contribution in [0.5, 0.6) is 0 Å². The van der Waals surface area contributed by atoms with E-state index in [1.54, 1.807) is 52.0 Å². The molecule has 0 saturated heterocycles. The summed E-state index contributed by atoms with van der Waals surface area (Å²) >= 11 is 0. The van der Waals surface area contributed by atoms with Crippen molar-refractivity contribution >= 4 is 45.1 Å². The molecule has 0 spiro atoms. The highest BCUT2D eigenvalue weighted by Gasteiger charge is 2.40. The molecule has 0 bridgehead atoms.